The maximum absolute atomic E-state index is 12.8. The predicted molar refractivity (Wildman–Crippen MR) is 96.0 cm³/mol. The molecule has 2 saturated heterocycles. The van der Waals surface area contributed by atoms with Gasteiger partial charge in [-0.1, -0.05) is 12.1 Å². The van der Waals surface area contributed by atoms with E-state index >= 15 is 0 Å². The Kier molecular flexibility index (Phi) is 4.21. The lowest BCUT2D eigenvalue weighted by atomic mass is 9.82. The normalized spacial score (nSPS) is 23.2. The number of aryl methyl sites for hydroxylation is 1. The zero-order chi connectivity index (χ0) is 17.3. The number of nitrogens with zero attached hydrogens (tertiary/aromatic N) is 3. The van der Waals surface area contributed by atoms with E-state index in [-0.39, 0.29) is 11.4 Å². The van der Waals surface area contributed by atoms with E-state index in [0.29, 0.717) is 0 Å². The Morgan fingerprint density at radius 1 is 1.28 bits per heavy atom. The first-order valence-electron chi connectivity index (χ1n) is 8.91. The van der Waals surface area contributed by atoms with Crippen LogP contribution in [0.4, 0.5) is 10.5 Å². The van der Waals surface area contributed by atoms with Crippen LogP contribution in [-0.2, 0) is 4.74 Å². The Morgan fingerprint density at radius 3 is 2.92 bits per heavy atom. The van der Waals surface area contributed by atoms with Gasteiger partial charge in [0, 0.05) is 31.3 Å². The van der Waals surface area contributed by atoms with Crippen LogP contribution >= 0.6 is 0 Å². The molecule has 1 spiro atoms. The minimum absolute atomic E-state index is 0.0428. The van der Waals surface area contributed by atoms with Crippen LogP contribution in [-0.4, -0.2) is 47.0 Å². The topological polar surface area (TPSA) is 59.4 Å². The Morgan fingerprint density at radius 2 is 2.16 bits per heavy atom. The van der Waals surface area contributed by atoms with Crippen LogP contribution < -0.4 is 5.32 Å². The standard InChI is InChI=1S/C19H24N4O2/c1-15-7-10-23(21-15)17-6-3-2-5-16(17)20-18(24)22-11-9-19(13-22)8-4-12-25-14-19/h2-3,5-7,10H,4,8-9,11-14H2,1H3,(H,20,24). The summed E-state index contributed by atoms with van der Waals surface area (Å²) >= 11 is 0. The van der Waals surface area contributed by atoms with E-state index in [1.165, 1.54) is 0 Å². The first-order valence-corrected chi connectivity index (χ1v) is 8.91. The maximum atomic E-state index is 12.8. The lowest BCUT2D eigenvalue weighted by Gasteiger charge is -2.33. The molecule has 2 fully saturated rings. The van der Waals surface area contributed by atoms with Crippen molar-refractivity contribution in [2.24, 2.45) is 5.41 Å². The SMILES string of the molecule is Cc1ccn(-c2ccccc2NC(=O)N2CCC3(CCCOC3)C2)n1. The Hall–Kier alpha value is -2.34. The molecule has 1 unspecified atom stereocenters. The number of ether oxygens (including phenoxy) is 1. The largest absolute Gasteiger partial charge is 0.381 e. The molecule has 132 valence electrons. The number of aromatic nitrogens is 2. The molecular formula is C19H24N4O2. The van der Waals surface area contributed by atoms with Gasteiger partial charge in [-0.25, -0.2) is 9.48 Å². The Bertz CT molecular complexity index is 764. The smallest absolute Gasteiger partial charge is 0.321 e. The van der Waals surface area contributed by atoms with Crippen molar-refractivity contribution in [2.45, 2.75) is 26.2 Å². The molecule has 2 aliphatic heterocycles. The number of carbonyl (C=O) groups excluding carboxylic acids is 1. The monoisotopic (exact) mass is 340 g/mol. The van der Waals surface area contributed by atoms with Gasteiger partial charge in [0.15, 0.2) is 0 Å². The van der Waals surface area contributed by atoms with E-state index in [9.17, 15) is 4.79 Å². The van der Waals surface area contributed by atoms with E-state index in [1.54, 1.807) is 4.68 Å². The molecule has 0 radical (unpaired) electrons. The highest BCUT2D eigenvalue weighted by Gasteiger charge is 2.41. The molecule has 4 rings (SSSR count). The average Bonchev–Trinajstić information content (AvgIpc) is 3.23. The third-order valence-electron chi connectivity index (χ3n) is 5.24. The highest BCUT2D eigenvalue weighted by atomic mass is 16.5. The summed E-state index contributed by atoms with van der Waals surface area (Å²) in [7, 11) is 0. The molecule has 3 heterocycles. The van der Waals surface area contributed by atoms with Crippen LogP contribution in [0.1, 0.15) is 25.0 Å². The van der Waals surface area contributed by atoms with E-state index in [0.717, 1.165) is 62.6 Å². The Labute approximate surface area is 147 Å². The molecule has 2 aromatic rings. The number of rotatable bonds is 2. The van der Waals surface area contributed by atoms with E-state index in [4.69, 9.17) is 4.74 Å². The zero-order valence-corrected chi connectivity index (χ0v) is 14.6. The van der Waals surface area contributed by atoms with Gasteiger partial charge in [-0.15, -0.1) is 0 Å². The molecule has 2 aliphatic rings. The summed E-state index contributed by atoms with van der Waals surface area (Å²) in [4.78, 5) is 14.7. The van der Waals surface area contributed by atoms with E-state index < -0.39 is 0 Å². The molecule has 0 aliphatic carbocycles. The summed E-state index contributed by atoms with van der Waals surface area (Å²) in [6, 6.07) is 9.66. The molecular weight excluding hydrogens is 316 g/mol. The number of hydrogen-bond donors (Lipinski definition) is 1. The molecule has 1 aromatic carbocycles. The first kappa shape index (κ1) is 16.1. The molecule has 6 nitrogen and oxygen atoms in total. The maximum Gasteiger partial charge on any atom is 0.321 e. The van der Waals surface area contributed by atoms with Crippen molar-refractivity contribution in [1.29, 1.82) is 0 Å². The van der Waals surface area contributed by atoms with Crippen LogP contribution in [0, 0.1) is 12.3 Å². The van der Waals surface area contributed by atoms with Gasteiger partial charge in [0.25, 0.3) is 0 Å². The van der Waals surface area contributed by atoms with Crippen LogP contribution in [0.25, 0.3) is 5.69 Å². The third kappa shape index (κ3) is 3.26. The number of para-hydroxylation sites is 2. The number of benzene rings is 1. The van der Waals surface area contributed by atoms with Gasteiger partial charge in [-0.05, 0) is 44.4 Å². The fourth-order valence-corrected chi connectivity index (χ4v) is 3.86. The summed E-state index contributed by atoms with van der Waals surface area (Å²) < 4.78 is 7.46. The summed E-state index contributed by atoms with van der Waals surface area (Å²) in [5, 5.41) is 7.52. The molecule has 0 bridgehead atoms. The molecule has 6 heteroatoms. The van der Waals surface area contributed by atoms with Crippen molar-refractivity contribution in [3.8, 4) is 5.69 Å². The molecule has 25 heavy (non-hydrogen) atoms. The second-order valence-corrected chi connectivity index (χ2v) is 7.18. The fourth-order valence-electron chi connectivity index (χ4n) is 3.86. The van der Waals surface area contributed by atoms with Gasteiger partial charge < -0.3 is 15.0 Å². The number of amides is 2. The molecule has 1 aromatic heterocycles. The van der Waals surface area contributed by atoms with Gasteiger partial charge in [0.2, 0.25) is 0 Å². The van der Waals surface area contributed by atoms with Crippen LogP contribution in [0.15, 0.2) is 36.5 Å². The van der Waals surface area contributed by atoms with Crippen molar-refractivity contribution < 1.29 is 9.53 Å². The second-order valence-electron chi connectivity index (χ2n) is 7.18. The summed E-state index contributed by atoms with van der Waals surface area (Å²) in [5.74, 6) is 0. The first-order chi connectivity index (χ1) is 12.2. The van der Waals surface area contributed by atoms with Crippen LogP contribution in [0.3, 0.4) is 0 Å². The van der Waals surface area contributed by atoms with Gasteiger partial charge in [0.05, 0.1) is 23.7 Å². The number of likely N-dealkylation sites (tertiary alicyclic amines) is 1. The van der Waals surface area contributed by atoms with E-state index in [2.05, 4.69) is 10.4 Å². The van der Waals surface area contributed by atoms with Gasteiger partial charge in [-0.3, -0.25) is 0 Å². The minimum Gasteiger partial charge on any atom is -0.381 e. The van der Waals surface area contributed by atoms with Crippen LogP contribution in [0.2, 0.25) is 0 Å². The Balaban J connectivity index is 1.48. The molecule has 0 saturated carbocycles. The van der Waals surface area contributed by atoms with E-state index in [1.807, 2.05) is 48.4 Å². The second kappa shape index (κ2) is 6.52. The predicted octanol–water partition coefficient (Wildman–Crippen LogP) is 3.22. The fraction of sp³-hybridized carbons (Fsp3) is 0.474. The highest BCUT2D eigenvalue weighted by molar-refractivity contribution is 5.91. The summed E-state index contributed by atoms with van der Waals surface area (Å²) in [6.45, 7) is 5.15. The molecule has 2 amide bonds. The van der Waals surface area contributed by atoms with Crippen molar-refractivity contribution in [3.63, 3.8) is 0 Å². The van der Waals surface area contributed by atoms with Gasteiger partial charge in [0.1, 0.15) is 0 Å². The van der Waals surface area contributed by atoms with Crippen molar-refractivity contribution in [3.05, 3.63) is 42.2 Å². The quantitative estimate of drug-likeness (QED) is 0.913. The third-order valence-corrected chi connectivity index (χ3v) is 5.24. The summed E-state index contributed by atoms with van der Waals surface area (Å²) in [5.41, 5.74) is 2.75. The number of nitrogens with one attached hydrogen (secondary N) is 1. The zero-order valence-electron chi connectivity index (χ0n) is 14.6. The highest BCUT2D eigenvalue weighted by Crippen LogP contribution is 2.38. The van der Waals surface area contributed by atoms with Gasteiger partial charge >= 0.3 is 6.03 Å². The summed E-state index contributed by atoms with van der Waals surface area (Å²) in [6.07, 6.45) is 5.18. The lowest BCUT2D eigenvalue weighted by Crippen LogP contribution is -2.38. The van der Waals surface area contributed by atoms with Crippen molar-refractivity contribution in [2.75, 3.05) is 31.6 Å². The van der Waals surface area contributed by atoms with Gasteiger partial charge in [-0.2, -0.15) is 5.10 Å². The number of hydrogen-bond acceptors (Lipinski definition) is 3. The minimum atomic E-state index is -0.0428. The van der Waals surface area contributed by atoms with Crippen molar-refractivity contribution >= 4 is 11.7 Å². The molecule has 1 N–H and O–H groups in total. The number of urea groups is 1. The molecule has 1 atom stereocenters. The van der Waals surface area contributed by atoms with Crippen molar-refractivity contribution in [1.82, 2.24) is 14.7 Å². The number of carbonyl (C=O) groups is 1. The van der Waals surface area contributed by atoms with Crippen LogP contribution in [0.5, 0.6) is 0 Å². The number of anilines is 1. The average molecular weight is 340 g/mol. The lowest BCUT2D eigenvalue weighted by molar-refractivity contribution is -0.000213.